The first kappa shape index (κ1) is 56.7. The van der Waals surface area contributed by atoms with Gasteiger partial charge in [0.1, 0.15) is 40.1 Å². The van der Waals surface area contributed by atoms with Crippen LogP contribution >= 0.6 is 0 Å². The van der Waals surface area contributed by atoms with Crippen molar-refractivity contribution in [3.63, 3.8) is 0 Å². The molecule has 0 unspecified atom stereocenters. The van der Waals surface area contributed by atoms with E-state index in [2.05, 4.69) is 106 Å². The molecule has 0 saturated heterocycles. The summed E-state index contributed by atoms with van der Waals surface area (Å²) in [6.07, 6.45) is 29.2. The standard InChI is InChI=1S/2C21H30O2.C21H32O2/c1-5-6-7-8-15-12-18(22)20-16-11-14(2)9-10-17(16)21(3,4)23-19(20)13-15;1-5-6-7-8-16-12-19(22)21(20(23)13-16)18-11-15(4)9-10-17(18)14(2)3;1-5-6-7-11-18-14-20(22)19(21(23)15-18)13-12-17(4)10-8-9-16(2)3/h11-13,16-17,22H,5-10H2,1-4H3;11-13,17-18,22-23H,2,5-10H2,1,3-4H3;9,12,14-15,22-23H,5-8,10-11,13H2,1-4H3/b;;17-12+/t16-,17-;17-,18+;/m10./s1. The molecule has 3 aromatic carbocycles. The molecule has 0 amide bonds. The minimum atomic E-state index is -0.177. The van der Waals surface area contributed by atoms with Crippen LogP contribution in [0.2, 0.25) is 0 Å². The van der Waals surface area contributed by atoms with Crippen LogP contribution in [0, 0.1) is 11.8 Å². The Labute approximate surface area is 419 Å². The lowest BCUT2D eigenvalue weighted by molar-refractivity contribution is 0.0107. The molecule has 2 aliphatic carbocycles. The third kappa shape index (κ3) is 16.9. The topological polar surface area (TPSA) is 110 Å². The first-order valence-corrected chi connectivity index (χ1v) is 26.7. The molecule has 6 heteroatoms. The largest absolute Gasteiger partial charge is 0.508 e. The van der Waals surface area contributed by atoms with Gasteiger partial charge in [-0.25, -0.2) is 0 Å². The van der Waals surface area contributed by atoms with Crippen LogP contribution < -0.4 is 4.74 Å². The van der Waals surface area contributed by atoms with Crippen molar-refractivity contribution >= 4 is 0 Å². The first-order chi connectivity index (χ1) is 32.8. The fourth-order valence-corrected chi connectivity index (χ4v) is 10.6. The van der Waals surface area contributed by atoms with Crippen molar-refractivity contribution in [2.45, 2.75) is 216 Å². The van der Waals surface area contributed by atoms with Gasteiger partial charge in [-0.1, -0.05) is 118 Å². The summed E-state index contributed by atoms with van der Waals surface area (Å²) in [6, 6.07) is 11.4. The van der Waals surface area contributed by atoms with E-state index < -0.39 is 0 Å². The van der Waals surface area contributed by atoms with Gasteiger partial charge in [0.25, 0.3) is 0 Å². The van der Waals surface area contributed by atoms with Crippen LogP contribution in [0.5, 0.6) is 34.5 Å². The number of fused-ring (bicyclic) bond motifs is 3. The van der Waals surface area contributed by atoms with Crippen LogP contribution in [0.15, 0.2) is 95.1 Å². The van der Waals surface area contributed by atoms with E-state index in [0.717, 1.165) is 98.6 Å². The summed E-state index contributed by atoms with van der Waals surface area (Å²) in [5.41, 5.74) is 11.8. The molecule has 0 aromatic heterocycles. The molecule has 0 saturated carbocycles. The number of ether oxygens (including phenoxy) is 1. The number of hydrogen-bond donors (Lipinski definition) is 5. The number of phenolic OH excluding ortho intramolecular Hbond substituents is 5. The quantitative estimate of drug-likeness (QED) is 0.0605. The zero-order chi connectivity index (χ0) is 50.8. The van der Waals surface area contributed by atoms with Crippen LogP contribution in [0.1, 0.15) is 218 Å². The molecular formula is C63H92O6. The molecule has 4 atom stereocenters. The van der Waals surface area contributed by atoms with Crippen LogP contribution in [0.25, 0.3) is 0 Å². The van der Waals surface area contributed by atoms with E-state index in [9.17, 15) is 25.5 Å². The zero-order valence-corrected chi connectivity index (χ0v) is 44.9. The average molecular weight is 945 g/mol. The average Bonchev–Trinajstić information content (AvgIpc) is 3.26. The summed E-state index contributed by atoms with van der Waals surface area (Å²) >= 11 is 0. The maximum Gasteiger partial charge on any atom is 0.127 e. The number of unbranched alkanes of at least 4 members (excludes halogenated alkanes) is 6. The third-order valence-corrected chi connectivity index (χ3v) is 14.7. The Morgan fingerprint density at radius 2 is 1.09 bits per heavy atom. The van der Waals surface area contributed by atoms with Crippen LogP contribution in [-0.2, 0) is 25.7 Å². The van der Waals surface area contributed by atoms with Crippen molar-refractivity contribution in [1.29, 1.82) is 0 Å². The molecule has 1 aliphatic heterocycles. The maximum atomic E-state index is 10.7. The van der Waals surface area contributed by atoms with Gasteiger partial charge in [0.15, 0.2) is 0 Å². The zero-order valence-electron chi connectivity index (χ0n) is 44.9. The van der Waals surface area contributed by atoms with Gasteiger partial charge in [0.2, 0.25) is 0 Å². The van der Waals surface area contributed by atoms with Crippen molar-refractivity contribution in [3.8, 4) is 34.5 Å². The molecule has 6 rings (SSSR count). The van der Waals surface area contributed by atoms with Gasteiger partial charge in [-0.3, -0.25) is 0 Å². The van der Waals surface area contributed by atoms with Crippen molar-refractivity contribution in [2.75, 3.05) is 0 Å². The number of allylic oxidation sites excluding steroid dienone is 9. The van der Waals surface area contributed by atoms with E-state index in [1.54, 1.807) is 12.1 Å². The summed E-state index contributed by atoms with van der Waals surface area (Å²) in [7, 11) is 0. The Hall–Kier alpha value is -4.84. The monoisotopic (exact) mass is 945 g/mol. The second-order valence-electron chi connectivity index (χ2n) is 21.6. The highest BCUT2D eigenvalue weighted by molar-refractivity contribution is 5.54. The van der Waals surface area contributed by atoms with E-state index in [1.165, 1.54) is 72.8 Å². The number of benzene rings is 3. The predicted molar refractivity (Wildman–Crippen MR) is 291 cm³/mol. The fraction of sp³-hybridized carbons (Fsp3) is 0.556. The van der Waals surface area contributed by atoms with E-state index in [1.807, 2.05) is 25.1 Å². The smallest absolute Gasteiger partial charge is 0.127 e. The molecule has 0 radical (unpaired) electrons. The Kier molecular flexibility index (Phi) is 22.6. The Morgan fingerprint density at radius 3 is 1.58 bits per heavy atom. The van der Waals surface area contributed by atoms with Gasteiger partial charge < -0.3 is 30.3 Å². The summed E-state index contributed by atoms with van der Waals surface area (Å²) in [5.74, 6) is 3.21. The molecule has 5 N–H and O–H groups in total. The van der Waals surface area contributed by atoms with Gasteiger partial charge in [0, 0.05) is 34.4 Å². The van der Waals surface area contributed by atoms with E-state index in [-0.39, 0.29) is 46.4 Å². The Morgan fingerprint density at radius 1 is 0.623 bits per heavy atom. The molecule has 69 heavy (non-hydrogen) atoms. The highest BCUT2D eigenvalue weighted by Gasteiger charge is 2.45. The number of aryl methyl sites for hydroxylation is 3. The molecule has 0 spiro atoms. The van der Waals surface area contributed by atoms with E-state index in [0.29, 0.717) is 29.2 Å². The van der Waals surface area contributed by atoms with Crippen molar-refractivity contribution < 1.29 is 30.3 Å². The highest BCUT2D eigenvalue weighted by atomic mass is 16.5. The van der Waals surface area contributed by atoms with Crippen LogP contribution in [0.4, 0.5) is 0 Å². The summed E-state index contributed by atoms with van der Waals surface area (Å²) < 4.78 is 6.36. The molecule has 0 bridgehead atoms. The molecule has 0 fully saturated rings. The fourth-order valence-electron chi connectivity index (χ4n) is 10.6. The van der Waals surface area contributed by atoms with E-state index in [4.69, 9.17) is 4.74 Å². The molecule has 6 nitrogen and oxygen atoms in total. The normalized spacial score (nSPS) is 19.3. The Balaban J connectivity index is 0.000000225. The second-order valence-corrected chi connectivity index (χ2v) is 21.6. The van der Waals surface area contributed by atoms with Crippen molar-refractivity contribution in [1.82, 2.24) is 0 Å². The maximum absolute atomic E-state index is 10.7. The lowest BCUT2D eigenvalue weighted by atomic mass is 9.68. The third-order valence-electron chi connectivity index (χ3n) is 14.7. The van der Waals surface area contributed by atoms with Crippen LogP contribution in [0.3, 0.4) is 0 Å². The number of phenols is 5. The first-order valence-electron chi connectivity index (χ1n) is 26.7. The van der Waals surface area contributed by atoms with Gasteiger partial charge in [-0.2, -0.15) is 0 Å². The lowest BCUT2D eigenvalue weighted by Gasteiger charge is -2.46. The highest BCUT2D eigenvalue weighted by Crippen LogP contribution is 2.53. The van der Waals surface area contributed by atoms with Gasteiger partial charge in [-0.05, 0) is 198 Å². The second kappa shape index (κ2) is 27.5. The van der Waals surface area contributed by atoms with Gasteiger partial charge in [-0.15, -0.1) is 0 Å². The van der Waals surface area contributed by atoms with Crippen LogP contribution in [-0.4, -0.2) is 31.1 Å². The van der Waals surface area contributed by atoms with Crippen molar-refractivity contribution in [3.05, 3.63) is 129 Å². The van der Waals surface area contributed by atoms with Gasteiger partial charge in [0.05, 0.1) is 0 Å². The number of rotatable bonds is 19. The summed E-state index contributed by atoms with van der Waals surface area (Å²) in [6.45, 7) is 27.8. The minimum absolute atomic E-state index is 0.0194. The summed E-state index contributed by atoms with van der Waals surface area (Å²) in [5, 5.41) is 52.2. The number of hydrogen-bond acceptors (Lipinski definition) is 6. The molecular weight excluding hydrogens is 853 g/mol. The Bertz CT molecular complexity index is 2220. The van der Waals surface area contributed by atoms with E-state index >= 15 is 0 Å². The predicted octanol–water partition coefficient (Wildman–Crippen LogP) is 17.6. The lowest BCUT2D eigenvalue weighted by Crippen LogP contribution is -2.45. The number of aromatic hydroxyl groups is 5. The van der Waals surface area contributed by atoms with Crippen molar-refractivity contribution in [2.24, 2.45) is 11.8 Å². The molecule has 3 aromatic rings. The molecule has 1 heterocycles. The minimum Gasteiger partial charge on any atom is -0.508 e. The molecule has 380 valence electrons. The summed E-state index contributed by atoms with van der Waals surface area (Å²) in [4.78, 5) is 0. The van der Waals surface area contributed by atoms with Gasteiger partial charge >= 0.3 is 0 Å². The SMILES string of the molecule is C=C(C)[C@@H]1CCC(C)=C[C@H]1c1c(O)cc(CCCCC)cc1O.CCCCCc1cc(O)c(C/C=C(\C)CCC=C(C)C)c(O)c1.CCCCCc1cc(O)c2c(c1)OC(C)(C)[C@@H]1CCC(C)=C[C@@H]21. The molecule has 3 aliphatic rings.